The van der Waals surface area contributed by atoms with Gasteiger partial charge >= 0.3 is 0 Å². The number of halogens is 2. The second kappa shape index (κ2) is 14.0. The molecular weight excluding hydrogens is 735 g/mol. The predicted octanol–water partition coefficient (Wildman–Crippen LogP) is 8.37. The van der Waals surface area contributed by atoms with E-state index in [2.05, 4.69) is 29.9 Å². The topological polar surface area (TPSA) is 121 Å². The number of hydrogen-bond donors (Lipinski definition) is 0. The lowest BCUT2D eigenvalue weighted by Gasteiger charge is -2.11. The molecule has 278 valence electrons. The summed E-state index contributed by atoms with van der Waals surface area (Å²) in [6, 6.07) is 30.5. The average molecular weight is 763 g/mol. The van der Waals surface area contributed by atoms with Crippen LogP contribution in [0.2, 0.25) is 0 Å². The van der Waals surface area contributed by atoms with Crippen LogP contribution in [0.5, 0.6) is 0 Å². The van der Waals surface area contributed by atoms with Crippen LogP contribution in [0.1, 0.15) is 11.1 Å². The molecule has 0 atom stereocenters. The fraction of sp³-hybridized carbons (Fsp3) is 0.0435. The summed E-state index contributed by atoms with van der Waals surface area (Å²) in [6.45, 7) is 0.000167. The monoisotopic (exact) mass is 762 g/mol. The average Bonchev–Trinajstić information content (AvgIpc) is 3.26. The minimum atomic E-state index is -0.454. The summed E-state index contributed by atoms with van der Waals surface area (Å²) < 4.78 is 33.6. The Balaban J connectivity index is 0.888. The van der Waals surface area contributed by atoms with Gasteiger partial charge in [0.25, 0.3) is 11.1 Å². The van der Waals surface area contributed by atoms with Gasteiger partial charge in [0.1, 0.15) is 11.6 Å². The molecule has 0 saturated carbocycles. The highest BCUT2D eigenvalue weighted by Gasteiger charge is 2.14. The Morgan fingerprint density at radius 2 is 1.03 bits per heavy atom. The van der Waals surface area contributed by atoms with Gasteiger partial charge in [-0.05, 0) is 88.3 Å². The van der Waals surface area contributed by atoms with E-state index in [9.17, 15) is 9.59 Å². The van der Waals surface area contributed by atoms with E-state index in [0.29, 0.717) is 33.3 Å². The highest BCUT2D eigenvalue weighted by Crippen LogP contribution is 2.30. The Hall–Kier alpha value is -7.86. The molecule has 10 rings (SSSR count). The van der Waals surface area contributed by atoms with E-state index < -0.39 is 11.6 Å². The number of benzene rings is 4. The summed E-state index contributed by atoms with van der Waals surface area (Å²) in [4.78, 5) is 52.6. The standard InChI is InChI=1S/C46H28F2N8O2/c47-38-17-29(27-3-6-32-20-49-13-11-31(32)14-27)4-7-34(38)24-56-26-54-42-19-37(22-52-44(42)46(56)58)36-16-35-15-28(9-10-40(35)51-21-36)30-5-8-33(39(48)18-30)23-55-25-53-41-2-1-12-50-43(41)45(55)57/h1-22,25-26H,23-24H2. The second-order valence-corrected chi connectivity index (χ2v) is 14.0. The molecule has 0 N–H and O–H groups in total. The van der Waals surface area contributed by atoms with Gasteiger partial charge in [-0.25, -0.2) is 28.7 Å². The Bertz CT molecular complexity index is 3400. The van der Waals surface area contributed by atoms with Crippen molar-refractivity contribution in [2.45, 2.75) is 13.1 Å². The Morgan fingerprint density at radius 1 is 0.448 bits per heavy atom. The van der Waals surface area contributed by atoms with Crippen molar-refractivity contribution in [2.24, 2.45) is 0 Å². The summed E-state index contributed by atoms with van der Waals surface area (Å²) in [5, 5.41) is 2.82. The van der Waals surface area contributed by atoms with Crippen LogP contribution in [0.3, 0.4) is 0 Å². The molecule has 0 aliphatic heterocycles. The highest BCUT2D eigenvalue weighted by molar-refractivity contribution is 5.89. The fourth-order valence-electron chi connectivity index (χ4n) is 7.22. The van der Waals surface area contributed by atoms with E-state index in [0.717, 1.165) is 43.9 Å². The Labute approximate surface area is 327 Å². The zero-order valence-corrected chi connectivity index (χ0v) is 30.4. The first kappa shape index (κ1) is 34.6. The molecule has 0 aliphatic rings. The van der Waals surface area contributed by atoms with Gasteiger partial charge in [0.15, 0.2) is 11.0 Å². The molecule has 0 spiro atoms. The van der Waals surface area contributed by atoms with Gasteiger partial charge in [0.2, 0.25) is 0 Å². The van der Waals surface area contributed by atoms with Crippen molar-refractivity contribution in [3.63, 3.8) is 0 Å². The molecule has 0 bridgehead atoms. The molecule has 4 aromatic carbocycles. The van der Waals surface area contributed by atoms with Crippen molar-refractivity contribution >= 4 is 43.7 Å². The van der Waals surface area contributed by atoms with Gasteiger partial charge in [-0.3, -0.25) is 28.7 Å². The van der Waals surface area contributed by atoms with Crippen LogP contribution in [0, 0.1) is 11.6 Å². The lowest BCUT2D eigenvalue weighted by molar-refractivity contribution is 0.595. The van der Waals surface area contributed by atoms with Crippen molar-refractivity contribution in [3.05, 3.63) is 190 Å². The Kier molecular flexibility index (Phi) is 8.37. The first-order valence-corrected chi connectivity index (χ1v) is 18.3. The number of nitrogens with zero attached hydrogens (tertiary/aromatic N) is 8. The molecule has 0 unspecified atom stereocenters. The second-order valence-electron chi connectivity index (χ2n) is 14.0. The van der Waals surface area contributed by atoms with Crippen LogP contribution in [0.25, 0.3) is 77.1 Å². The van der Waals surface area contributed by atoms with Crippen LogP contribution in [0.4, 0.5) is 8.78 Å². The van der Waals surface area contributed by atoms with Crippen molar-refractivity contribution in [3.8, 4) is 33.4 Å². The molecule has 0 radical (unpaired) electrons. The molecule has 10 aromatic rings. The lowest BCUT2D eigenvalue weighted by atomic mass is 10.00. The van der Waals surface area contributed by atoms with E-state index in [1.54, 1.807) is 55.1 Å². The minimum absolute atomic E-state index is 0.00998. The molecular formula is C46H28F2N8O2. The summed E-state index contributed by atoms with van der Waals surface area (Å²) in [6.07, 6.45) is 11.2. The number of aromatic nitrogens is 8. The summed E-state index contributed by atoms with van der Waals surface area (Å²) in [5.74, 6) is -0.882. The molecule has 0 aliphatic carbocycles. The maximum Gasteiger partial charge on any atom is 0.280 e. The Morgan fingerprint density at radius 3 is 1.76 bits per heavy atom. The van der Waals surface area contributed by atoms with Crippen molar-refractivity contribution in [1.82, 2.24) is 39.0 Å². The van der Waals surface area contributed by atoms with Crippen LogP contribution in [-0.2, 0) is 13.1 Å². The van der Waals surface area contributed by atoms with Crippen molar-refractivity contribution in [1.29, 1.82) is 0 Å². The quantitative estimate of drug-likeness (QED) is 0.159. The molecule has 6 aromatic heterocycles. The third kappa shape index (κ3) is 6.32. The van der Waals surface area contributed by atoms with E-state index >= 15 is 8.78 Å². The zero-order valence-electron chi connectivity index (χ0n) is 30.4. The lowest BCUT2D eigenvalue weighted by Crippen LogP contribution is -2.22. The summed E-state index contributed by atoms with van der Waals surface area (Å²) in [5.41, 5.74) is 6.46. The van der Waals surface area contributed by atoms with Crippen molar-refractivity contribution in [2.75, 3.05) is 0 Å². The van der Waals surface area contributed by atoms with Gasteiger partial charge in [-0.15, -0.1) is 0 Å². The first-order chi connectivity index (χ1) is 28.3. The molecule has 0 amide bonds. The van der Waals surface area contributed by atoms with E-state index in [1.807, 2.05) is 60.7 Å². The summed E-state index contributed by atoms with van der Waals surface area (Å²) in [7, 11) is 0. The first-order valence-electron chi connectivity index (χ1n) is 18.3. The summed E-state index contributed by atoms with van der Waals surface area (Å²) >= 11 is 0. The number of pyridine rings is 4. The third-order valence-electron chi connectivity index (χ3n) is 10.4. The normalized spacial score (nSPS) is 11.6. The fourth-order valence-corrected chi connectivity index (χ4v) is 7.22. The van der Waals surface area contributed by atoms with Crippen LogP contribution in [0.15, 0.2) is 156 Å². The van der Waals surface area contributed by atoms with Gasteiger partial charge in [-0.2, -0.15) is 0 Å². The molecule has 58 heavy (non-hydrogen) atoms. The minimum Gasteiger partial charge on any atom is -0.293 e. The molecule has 0 fully saturated rings. The maximum atomic E-state index is 15.5. The highest BCUT2D eigenvalue weighted by atomic mass is 19.1. The largest absolute Gasteiger partial charge is 0.293 e. The number of fused-ring (bicyclic) bond motifs is 4. The third-order valence-corrected chi connectivity index (χ3v) is 10.4. The van der Waals surface area contributed by atoms with Gasteiger partial charge in [0.05, 0.1) is 42.3 Å². The van der Waals surface area contributed by atoms with Gasteiger partial charge in [0, 0.05) is 64.0 Å². The van der Waals surface area contributed by atoms with Gasteiger partial charge in [-0.1, -0.05) is 42.5 Å². The van der Waals surface area contributed by atoms with E-state index in [-0.39, 0.29) is 35.2 Å². The smallest absolute Gasteiger partial charge is 0.280 e. The SMILES string of the molecule is O=c1c2ncccc2ncn1Cc1ccc(-c2ccc3ncc(-c4cnc5c(=O)n(Cc6ccc(-c7ccc8cnccc8c7)cc6F)cnc5c4)cc3c2)cc1F. The molecule has 10 nitrogen and oxygen atoms in total. The molecule has 12 heteroatoms. The zero-order chi connectivity index (χ0) is 39.3. The molecule has 0 saturated heterocycles. The van der Waals surface area contributed by atoms with E-state index in [4.69, 9.17) is 0 Å². The van der Waals surface area contributed by atoms with Crippen LogP contribution in [-0.4, -0.2) is 39.0 Å². The van der Waals surface area contributed by atoms with Crippen molar-refractivity contribution < 1.29 is 8.78 Å². The number of hydrogen-bond acceptors (Lipinski definition) is 8. The molecule has 6 heterocycles. The number of rotatable bonds is 7. The van der Waals surface area contributed by atoms with Gasteiger partial charge < -0.3 is 0 Å². The van der Waals surface area contributed by atoms with E-state index in [1.165, 1.54) is 40.1 Å². The van der Waals surface area contributed by atoms with Crippen LogP contribution >= 0.6 is 0 Å². The van der Waals surface area contributed by atoms with Crippen LogP contribution < -0.4 is 11.1 Å². The predicted molar refractivity (Wildman–Crippen MR) is 219 cm³/mol. The maximum absolute atomic E-state index is 15.5.